The van der Waals surface area contributed by atoms with Gasteiger partial charge in [-0.2, -0.15) is 0 Å². The smallest absolute Gasteiger partial charge is 0.0893 e. The van der Waals surface area contributed by atoms with Crippen molar-refractivity contribution >= 4 is 7.28 Å². The first-order chi connectivity index (χ1) is 5.54. The summed E-state index contributed by atoms with van der Waals surface area (Å²) in [4.78, 5) is 0. The molecule has 0 spiro atoms. The van der Waals surface area contributed by atoms with Crippen molar-refractivity contribution < 1.29 is 0 Å². The van der Waals surface area contributed by atoms with Crippen LogP contribution in [-0.4, -0.2) is 7.28 Å². The van der Waals surface area contributed by atoms with Crippen LogP contribution in [-0.2, 0) is 0 Å². The van der Waals surface area contributed by atoms with Crippen molar-refractivity contribution in [2.75, 3.05) is 0 Å². The highest BCUT2D eigenvalue weighted by Crippen LogP contribution is 2.33. The third kappa shape index (κ3) is 4.18. The topological polar surface area (TPSA) is 0 Å². The predicted molar refractivity (Wildman–Crippen MR) is 60.3 cm³/mol. The molecular weight excluding hydrogens is 143 g/mol. The second-order valence-electron chi connectivity index (χ2n) is 4.74. The molecule has 72 valence electrons. The van der Waals surface area contributed by atoms with Gasteiger partial charge in [0, 0.05) is 0 Å². The molecule has 0 aliphatic heterocycles. The maximum absolute atomic E-state index is 2.40. The van der Waals surface area contributed by atoms with Crippen molar-refractivity contribution in [3.05, 3.63) is 0 Å². The summed E-state index contributed by atoms with van der Waals surface area (Å²) in [6.07, 6.45) is 5.54. The average Bonchev–Trinajstić information content (AvgIpc) is 2.05. The third-order valence-electron chi connectivity index (χ3n) is 3.49. The van der Waals surface area contributed by atoms with Crippen LogP contribution in [0.3, 0.4) is 0 Å². The molecule has 0 nitrogen and oxygen atoms in total. The Morgan fingerprint density at radius 2 is 1.92 bits per heavy atom. The van der Waals surface area contributed by atoms with E-state index in [2.05, 4.69) is 34.5 Å². The van der Waals surface area contributed by atoms with E-state index in [0.29, 0.717) is 5.41 Å². The van der Waals surface area contributed by atoms with Crippen LogP contribution in [0.2, 0.25) is 13.1 Å². The van der Waals surface area contributed by atoms with Crippen molar-refractivity contribution in [1.82, 2.24) is 0 Å². The van der Waals surface area contributed by atoms with Gasteiger partial charge in [0.1, 0.15) is 7.28 Å². The fourth-order valence-electron chi connectivity index (χ4n) is 1.44. The molecule has 0 rings (SSSR count). The summed E-state index contributed by atoms with van der Waals surface area (Å²) in [5.41, 5.74) is 0.549. The molecule has 0 aliphatic carbocycles. The van der Waals surface area contributed by atoms with Gasteiger partial charge in [-0.25, -0.2) is 0 Å². The second kappa shape index (κ2) is 5.67. The van der Waals surface area contributed by atoms with E-state index in [1.165, 1.54) is 32.9 Å². The molecule has 0 radical (unpaired) electrons. The molecule has 1 atom stereocenters. The van der Waals surface area contributed by atoms with Crippen LogP contribution >= 0.6 is 0 Å². The Hall–Kier alpha value is 0.0649. The van der Waals surface area contributed by atoms with Gasteiger partial charge in [-0.15, -0.1) is 0 Å². The Labute approximate surface area is 79.4 Å². The minimum atomic E-state index is 0.549. The highest BCUT2D eigenvalue weighted by Gasteiger charge is 2.22. The van der Waals surface area contributed by atoms with Crippen LogP contribution in [0, 0.1) is 11.3 Å². The van der Waals surface area contributed by atoms with Crippen molar-refractivity contribution in [3.63, 3.8) is 0 Å². The number of hydrogen-bond donors (Lipinski definition) is 0. The first kappa shape index (κ1) is 12.1. The summed E-state index contributed by atoms with van der Waals surface area (Å²) in [7, 11) is 1.35. The average molecular weight is 168 g/mol. The second-order valence-corrected chi connectivity index (χ2v) is 4.74. The molecule has 0 amide bonds. The lowest BCUT2D eigenvalue weighted by Crippen LogP contribution is -2.20. The van der Waals surface area contributed by atoms with E-state index in [9.17, 15) is 0 Å². The Kier molecular flexibility index (Phi) is 5.70. The summed E-state index contributed by atoms with van der Waals surface area (Å²) >= 11 is 0. The molecule has 0 bridgehead atoms. The van der Waals surface area contributed by atoms with E-state index in [-0.39, 0.29) is 0 Å². The van der Waals surface area contributed by atoms with Crippen LogP contribution in [0.5, 0.6) is 0 Å². The van der Waals surface area contributed by atoms with Crippen molar-refractivity contribution in [2.24, 2.45) is 11.3 Å². The standard InChI is InChI=1S/C11H25B/c1-6-11(3,4)10(2)8-7-9-12-5/h10,12H,6-9H2,1-5H3. The minimum absolute atomic E-state index is 0.549. The Morgan fingerprint density at radius 3 is 2.33 bits per heavy atom. The van der Waals surface area contributed by atoms with Crippen molar-refractivity contribution in [1.29, 1.82) is 0 Å². The van der Waals surface area contributed by atoms with Gasteiger partial charge in [-0.05, 0) is 11.3 Å². The van der Waals surface area contributed by atoms with Gasteiger partial charge in [0.2, 0.25) is 0 Å². The van der Waals surface area contributed by atoms with E-state index < -0.39 is 0 Å². The van der Waals surface area contributed by atoms with Crippen LogP contribution < -0.4 is 0 Å². The predicted octanol–water partition coefficient (Wildman–Crippen LogP) is 3.74. The zero-order valence-electron chi connectivity index (χ0n) is 9.61. The highest BCUT2D eigenvalue weighted by molar-refractivity contribution is 6.33. The molecule has 0 aromatic rings. The van der Waals surface area contributed by atoms with E-state index >= 15 is 0 Å². The first-order valence-corrected chi connectivity index (χ1v) is 5.54. The zero-order valence-corrected chi connectivity index (χ0v) is 9.61. The maximum atomic E-state index is 2.40. The summed E-state index contributed by atoms with van der Waals surface area (Å²) in [6, 6.07) is 0. The Morgan fingerprint density at radius 1 is 1.33 bits per heavy atom. The van der Waals surface area contributed by atoms with Crippen LogP contribution in [0.4, 0.5) is 0 Å². The van der Waals surface area contributed by atoms with Gasteiger partial charge >= 0.3 is 0 Å². The minimum Gasteiger partial charge on any atom is -0.0893 e. The van der Waals surface area contributed by atoms with Crippen LogP contribution in [0.1, 0.15) is 47.0 Å². The zero-order chi connectivity index (χ0) is 9.61. The van der Waals surface area contributed by atoms with E-state index in [1.807, 2.05) is 0 Å². The molecule has 0 aliphatic rings. The van der Waals surface area contributed by atoms with Gasteiger partial charge in [0.15, 0.2) is 0 Å². The summed E-state index contributed by atoms with van der Waals surface area (Å²) < 4.78 is 0. The fraction of sp³-hybridized carbons (Fsp3) is 1.00. The first-order valence-electron chi connectivity index (χ1n) is 5.54. The third-order valence-corrected chi connectivity index (χ3v) is 3.49. The van der Waals surface area contributed by atoms with E-state index in [1.54, 1.807) is 0 Å². The van der Waals surface area contributed by atoms with Gasteiger partial charge < -0.3 is 0 Å². The van der Waals surface area contributed by atoms with Gasteiger partial charge in [-0.1, -0.05) is 60.1 Å². The quantitative estimate of drug-likeness (QED) is 0.418. The lowest BCUT2D eigenvalue weighted by Gasteiger charge is -2.30. The van der Waals surface area contributed by atoms with E-state index in [0.717, 1.165) is 5.92 Å². The monoisotopic (exact) mass is 168 g/mol. The Balaban J connectivity index is 3.63. The molecule has 0 N–H and O–H groups in total. The van der Waals surface area contributed by atoms with Gasteiger partial charge in [0.25, 0.3) is 0 Å². The summed E-state index contributed by atoms with van der Waals surface area (Å²) in [5, 5.41) is 0. The molecule has 0 heterocycles. The molecule has 1 unspecified atom stereocenters. The highest BCUT2D eigenvalue weighted by atomic mass is 14.3. The molecule has 0 aromatic carbocycles. The number of rotatable bonds is 6. The lowest BCUT2D eigenvalue weighted by atomic mass is 9.71. The van der Waals surface area contributed by atoms with E-state index in [4.69, 9.17) is 0 Å². The van der Waals surface area contributed by atoms with Crippen molar-refractivity contribution in [3.8, 4) is 0 Å². The largest absolute Gasteiger partial charge is 0.117 e. The molecule has 0 aromatic heterocycles. The number of hydrogen-bond acceptors (Lipinski definition) is 0. The molecule has 12 heavy (non-hydrogen) atoms. The maximum Gasteiger partial charge on any atom is 0.117 e. The summed E-state index contributed by atoms with van der Waals surface area (Å²) in [5.74, 6) is 0.883. The summed E-state index contributed by atoms with van der Waals surface area (Å²) in [6.45, 7) is 11.8. The molecular formula is C11H25B. The molecule has 0 saturated heterocycles. The lowest BCUT2D eigenvalue weighted by molar-refractivity contribution is 0.208. The molecule has 1 heteroatoms. The SMILES string of the molecule is CBCCCC(C)C(C)(C)CC. The van der Waals surface area contributed by atoms with Gasteiger partial charge in [0.05, 0.1) is 0 Å². The Bertz CT molecular complexity index is 108. The van der Waals surface area contributed by atoms with Crippen molar-refractivity contribution in [2.45, 2.75) is 60.1 Å². The van der Waals surface area contributed by atoms with Gasteiger partial charge in [-0.3, -0.25) is 0 Å². The van der Waals surface area contributed by atoms with Crippen LogP contribution in [0.25, 0.3) is 0 Å². The normalized spacial score (nSPS) is 14.4. The molecule has 0 fully saturated rings. The van der Waals surface area contributed by atoms with Crippen LogP contribution in [0.15, 0.2) is 0 Å². The fourth-order valence-corrected chi connectivity index (χ4v) is 1.44. The molecule has 0 saturated carbocycles.